The predicted octanol–water partition coefficient (Wildman–Crippen LogP) is 1.64. The van der Waals surface area contributed by atoms with Crippen molar-refractivity contribution in [2.24, 2.45) is 0 Å². The normalized spacial score (nSPS) is 25.6. The SMILES string of the molecule is COC1CCC(c2nccc(CO)n2)CC1. The highest BCUT2D eigenvalue weighted by Gasteiger charge is 2.23. The molecular formula is C12H18N2O2. The van der Waals surface area contributed by atoms with Crippen LogP contribution < -0.4 is 0 Å². The first-order chi connectivity index (χ1) is 7.83. The van der Waals surface area contributed by atoms with E-state index in [1.54, 1.807) is 19.4 Å². The van der Waals surface area contributed by atoms with Crippen LogP contribution in [0.3, 0.4) is 0 Å². The van der Waals surface area contributed by atoms with Crippen LogP contribution in [-0.2, 0) is 11.3 Å². The van der Waals surface area contributed by atoms with Crippen LogP contribution in [0.1, 0.15) is 43.1 Å². The Hall–Kier alpha value is -1.00. The molecule has 0 saturated heterocycles. The Morgan fingerprint density at radius 2 is 2.12 bits per heavy atom. The number of hydrogen-bond acceptors (Lipinski definition) is 4. The Morgan fingerprint density at radius 3 is 2.75 bits per heavy atom. The van der Waals surface area contributed by atoms with Crippen molar-refractivity contribution in [2.45, 2.75) is 44.3 Å². The van der Waals surface area contributed by atoms with Crippen molar-refractivity contribution in [1.29, 1.82) is 0 Å². The molecule has 0 amide bonds. The summed E-state index contributed by atoms with van der Waals surface area (Å²) in [5.74, 6) is 1.30. The summed E-state index contributed by atoms with van der Waals surface area (Å²) < 4.78 is 5.34. The molecule has 1 N–H and O–H groups in total. The Kier molecular flexibility index (Phi) is 3.85. The number of rotatable bonds is 3. The van der Waals surface area contributed by atoms with Gasteiger partial charge in [-0.2, -0.15) is 0 Å². The summed E-state index contributed by atoms with van der Waals surface area (Å²) in [6, 6.07) is 1.75. The molecule has 1 heterocycles. The van der Waals surface area contributed by atoms with Crippen molar-refractivity contribution < 1.29 is 9.84 Å². The lowest BCUT2D eigenvalue weighted by Gasteiger charge is -2.26. The zero-order chi connectivity index (χ0) is 11.4. The minimum absolute atomic E-state index is 0.0110. The molecule has 1 aliphatic carbocycles. The zero-order valence-corrected chi connectivity index (χ0v) is 9.59. The lowest BCUT2D eigenvalue weighted by Crippen LogP contribution is -2.20. The Balaban J connectivity index is 2.02. The third kappa shape index (κ3) is 2.57. The van der Waals surface area contributed by atoms with E-state index in [9.17, 15) is 0 Å². The lowest BCUT2D eigenvalue weighted by molar-refractivity contribution is 0.0650. The molecule has 1 aromatic rings. The van der Waals surface area contributed by atoms with Gasteiger partial charge in [0.1, 0.15) is 5.82 Å². The molecule has 0 bridgehead atoms. The average molecular weight is 222 g/mol. The van der Waals surface area contributed by atoms with Gasteiger partial charge in [0, 0.05) is 19.2 Å². The number of nitrogens with zero attached hydrogens (tertiary/aromatic N) is 2. The van der Waals surface area contributed by atoms with Gasteiger partial charge in [-0.15, -0.1) is 0 Å². The minimum atomic E-state index is -0.0110. The van der Waals surface area contributed by atoms with Gasteiger partial charge < -0.3 is 9.84 Å². The van der Waals surface area contributed by atoms with Crippen molar-refractivity contribution in [3.63, 3.8) is 0 Å². The maximum absolute atomic E-state index is 9.03. The molecule has 16 heavy (non-hydrogen) atoms. The van der Waals surface area contributed by atoms with Crippen LogP contribution in [0.25, 0.3) is 0 Å². The molecule has 1 aromatic heterocycles. The van der Waals surface area contributed by atoms with Crippen LogP contribution in [0.15, 0.2) is 12.3 Å². The predicted molar refractivity (Wildman–Crippen MR) is 60.0 cm³/mol. The van der Waals surface area contributed by atoms with Crippen molar-refractivity contribution >= 4 is 0 Å². The summed E-state index contributed by atoms with van der Waals surface area (Å²) in [7, 11) is 1.77. The van der Waals surface area contributed by atoms with Gasteiger partial charge in [-0.05, 0) is 31.7 Å². The fourth-order valence-electron chi connectivity index (χ4n) is 2.25. The molecule has 4 heteroatoms. The highest BCUT2D eigenvalue weighted by molar-refractivity contribution is 5.05. The van der Waals surface area contributed by atoms with E-state index >= 15 is 0 Å². The van der Waals surface area contributed by atoms with E-state index in [0.29, 0.717) is 17.7 Å². The molecule has 4 nitrogen and oxygen atoms in total. The number of aliphatic hydroxyl groups excluding tert-OH is 1. The third-order valence-corrected chi connectivity index (χ3v) is 3.27. The fourth-order valence-corrected chi connectivity index (χ4v) is 2.25. The Labute approximate surface area is 95.7 Å². The van der Waals surface area contributed by atoms with Gasteiger partial charge in [0.2, 0.25) is 0 Å². The third-order valence-electron chi connectivity index (χ3n) is 3.27. The smallest absolute Gasteiger partial charge is 0.131 e. The zero-order valence-electron chi connectivity index (χ0n) is 9.59. The highest BCUT2D eigenvalue weighted by atomic mass is 16.5. The van der Waals surface area contributed by atoms with E-state index in [0.717, 1.165) is 31.5 Å². The van der Waals surface area contributed by atoms with Crippen molar-refractivity contribution in [3.8, 4) is 0 Å². The van der Waals surface area contributed by atoms with Gasteiger partial charge in [0.05, 0.1) is 18.4 Å². The summed E-state index contributed by atoms with van der Waals surface area (Å²) in [5.41, 5.74) is 0.707. The van der Waals surface area contributed by atoms with E-state index in [4.69, 9.17) is 9.84 Å². The van der Waals surface area contributed by atoms with Crippen LogP contribution in [0.4, 0.5) is 0 Å². The van der Waals surface area contributed by atoms with Crippen LogP contribution in [0, 0.1) is 0 Å². The van der Waals surface area contributed by atoms with Crippen LogP contribution >= 0.6 is 0 Å². The molecule has 2 rings (SSSR count). The summed E-state index contributed by atoms with van der Waals surface area (Å²) in [6.07, 6.45) is 6.44. The van der Waals surface area contributed by atoms with Crippen LogP contribution in [0.5, 0.6) is 0 Å². The standard InChI is InChI=1S/C12H18N2O2/c1-16-11-4-2-9(3-5-11)12-13-7-6-10(8-15)14-12/h6-7,9,11,15H,2-5,8H2,1H3. The Morgan fingerprint density at radius 1 is 1.38 bits per heavy atom. The van der Waals surface area contributed by atoms with Crippen LogP contribution in [0.2, 0.25) is 0 Å². The molecule has 88 valence electrons. The number of aromatic nitrogens is 2. The second-order valence-electron chi connectivity index (χ2n) is 4.27. The van der Waals surface area contributed by atoms with Gasteiger partial charge in [-0.1, -0.05) is 0 Å². The summed E-state index contributed by atoms with van der Waals surface area (Å²) in [4.78, 5) is 8.66. The number of methoxy groups -OCH3 is 1. The number of aliphatic hydroxyl groups is 1. The molecule has 1 aliphatic rings. The molecule has 0 atom stereocenters. The van der Waals surface area contributed by atoms with Gasteiger partial charge in [-0.25, -0.2) is 9.97 Å². The first-order valence-electron chi connectivity index (χ1n) is 5.79. The second kappa shape index (κ2) is 5.37. The summed E-state index contributed by atoms with van der Waals surface area (Å²) in [5, 5.41) is 9.03. The molecule has 1 fully saturated rings. The van der Waals surface area contributed by atoms with Crippen molar-refractivity contribution in [2.75, 3.05) is 7.11 Å². The maximum Gasteiger partial charge on any atom is 0.131 e. The van der Waals surface area contributed by atoms with E-state index in [-0.39, 0.29) is 6.61 Å². The molecule has 0 unspecified atom stereocenters. The van der Waals surface area contributed by atoms with E-state index in [2.05, 4.69) is 9.97 Å². The topological polar surface area (TPSA) is 55.2 Å². The number of ether oxygens (including phenoxy) is 1. The van der Waals surface area contributed by atoms with E-state index in [1.165, 1.54) is 0 Å². The monoisotopic (exact) mass is 222 g/mol. The molecule has 0 aromatic carbocycles. The first kappa shape index (κ1) is 11.5. The quantitative estimate of drug-likeness (QED) is 0.844. The Bertz CT molecular complexity index is 336. The maximum atomic E-state index is 9.03. The molecule has 0 radical (unpaired) electrons. The molecule has 0 aliphatic heterocycles. The minimum Gasteiger partial charge on any atom is -0.390 e. The van der Waals surface area contributed by atoms with E-state index in [1.807, 2.05) is 0 Å². The molecule has 0 spiro atoms. The molecule has 1 saturated carbocycles. The van der Waals surface area contributed by atoms with Crippen molar-refractivity contribution in [3.05, 3.63) is 23.8 Å². The highest BCUT2D eigenvalue weighted by Crippen LogP contribution is 2.31. The summed E-state index contributed by atoms with van der Waals surface area (Å²) in [6.45, 7) is -0.0110. The number of hydrogen-bond donors (Lipinski definition) is 1. The van der Waals surface area contributed by atoms with Gasteiger partial charge in [-0.3, -0.25) is 0 Å². The molecular weight excluding hydrogens is 204 g/mol. The van der Waals surface area contributed by atoms with Gasteiger partial charge in [0.25, 0.3) is 0 Å². The van der Waals surface area contributed by atoms with E-state index < -0.39 is 0 Å². The van der Waals surface area contributed by atoms with Crippen LogP contribution in [-0.4, -0.2) is 28.3 Å². The average Bonchev–Trinajstić information content (AvgIpc) is 2.39. The largest absolute Gasteiger partial charge is 0.390 e. The summed E-state index contributed by atoms with van der Waals surface area (Å²) >= 11 is 0. The first-order valence-corrected chi connectivity index (χ1v) is 5.79. The fraction of sp³-hybridized carbons (Fsp3) is 0.667. The van der Waals surface area contributed by atoms with Gasteiger partial charge >= 0.3 is 0 Å². The van der Waals surface area contributed by atoms with Gasteiger partial charge in [0.15, 0.2) is 0 Å². The second-order valence-corrected chi connectivity index (χ2v) is 4.27. The lowest BCUT2D eigenvalue weighted by atomic mass is 9.87. The van der Waals surface area contributed by atoms with Crippen molar-refractivity contribution in [1.82, 2.24) is 9.97 Å².